The summed E-state index contributed by atoms with van der Waals surface area (Å²) in [5.74, 6) is -1.93. The van der Waals surface area contributed by atoms with E-state index in [2.05, 4.69) is 9.97 Å². The van der Waals surface area contributed by atoms with Crippen molar-refractivity contribution in [3.05, 3.63) is 23.8 Å². The minimum Gasteiger partial charge on any atom is -0.396 e. The van der Waals surface area contributed by atoms with Gasteiger partial charge in [0.15, 0.2) is 0 Å². The van der Waals surface area contributed by atoms with Crippen LogP contribution < -0.4 is 0 Å². The summed E-state index contributed by atoms with van der Waals surface area (Å²) in [5, 5.41) is 36.4. The van der Waals surface area contributed by atoms with Gasteiger partial charge in [-0.05, 0) is 0 Å². The molecular formula is C16H26N4O6. The van der Waals surface area contributed by atoms with Gasteiger partial charge in [-0.15, -0.1) is 0 Å². The highest BCUT2D eigenvalue weighted by Gasteiger charge is 2.21. The summed E-state index contributed by atoms with van der Waals surface area (Å²) in [6.45, 7) is -0.805. The van der Waals surface area contributed by atoms with Crippen molar-refractivity contribution in [1.82, 2.24) is 19.8 Å². The van der Waals surface area contributed by atoms with Crippen molar-refractivity contribution >= 4 is 11.8 Å². The van der Waals surface area contributed by atoms with Gasteiger partial charge in [-0.2, -0.15) is 0 Å². The highest BCUT2D eigenvalue weighted by Crippen LogP contribution is 2.07. The number of nitrogens with zero attached hydrogens (tertiary/aromatic N) is 4. The Balaban J connectivity index is 2.86. The summed E-state index contributed by atoms with van der Waals surface area (Å²) < 4.78 is 0. The number of hydrogen-bond acceptors (Lipinski definition) is 8. The summed E-state index contributed by atoms with van der Waals surface area (Å²) in [7, 11) is 2.99. The smallest absolute Gasteiger partial charge is 0.273 e. The quantitative estimate of drug-likeness (QED) is 0.363. The van der Waals surface area contributed by atoms with Crippen molar-refractivity contribution < 1.29 is 30.0 Å². The van der Waals surface area contributed by atoms with Crippen LogP contribution in [0.5, 0.6) is 0 Å². The van der Waals surface area contributed by atoms with Crippen molar-refractivity contribution in [2.24, 2.45) is 11.8 Å². The molecule has 1 aromatic heterocycles. The molecule has 0 atom stereocenters. The van der Waals surface area contributed by atoms with Crippen molar-refractivity contribution in [2.75, 3.05) is 53.6 Å². The van der Waals surface area contributed by atoms with Crippen LogP contribution in [0.2, 0.25) is 0 Å². The normalized spacial score (nSPS) is 11.1. The molecular weight excluding hydrogens is 344 g/mol. The molecule has 0 saturated heterocycles. The number of carbonyl (C=O) groups excluding carboxylic acids is 2. The molecule has 1 heterocycles. The van der Waals surface area contributed by atoms with E-state index in [1.807, 2.05) is 0 Å². The number of aliphatic hydroxyl groups excluding tert-OH is 4. The molecule has 4 N–H and O–H groups in total. The number of hydrogen-bond donors (Lipinski definition) is 4. The minimum atomic E-state index is -0.495. The van der Waals surface area contributed by atoms with Crippen LogP contribution in [-0.2, 0) is 0 Å². The van der Waals surface area contributed by atoms with E-state index >= 15 is 0 Å². The summed E-state index contributed by atoms with van der Waals surface area (Å²) in [5.41, 5.74) is -0.0792. The molecule has 0 aromatic carbocycles. The summed E-state index contributed by atoms with van der Waals surface area (Å²) >= 11 is 0. The number of aromatic nitrogens is 2. The molecule has 0 aliphatic heterocycles. The molecule has 0 aliphatic rings. The van der Waals surface area contributed by atoms with Crippen LogP contribution in [0.1, 0.15) is 21.0 Å². The van der Waals surface area contributed by atoms with Crippen LogP contribution in [0.4, 0.5) is 0 Å². The second-order valence-electron chi connectivity index (χ2n) is 6.12. The van der Waals surface area contributed by atoms with Gasteiger partial charge in [-0.25, -0.2) is 4.98 Å². The molecule has 1 rings (SSSR count). The lowest BCUT2D eigenvalue weighted by atomic mass is 10.1. The maximum Gasteiger partial charge on any atom is 0.273 e. The van der Waals surface area contributed by atoms with Gasteiger partial charge in [0.2, 0.25) is 0 Å². The van der Waals surface area contributed by atoms with Gasteiger partial charge < -0.3 is 30.2 Å². The molecule has 0 unspecified atom stereocenters. The van der Waals surface area contributed by atoms with E-state index in [-0.39, 0.29) is 50.9 Å². The standard InChI is InChI=1S/C16H26N4O6/c1-19(5-11(7-21)8-22)15(25)13-3-17-4-14(18-13)16(26)20(2)6-12(9-23)10-24/h3-4,11-12,21-24H,5-10H2,1-2H3. The first-order valence-electron chi connectivity index (χ1n) is 8.14. The molecule has 0 bridgehead atoms. The zero-order valence-corrected chi connectivity index (χ0v) is 14.9. The Labute approximate surface area is 151 Å². The second-order valence-corrected chi connectivity index (χ2v) is 6.12. The highest BCUT2D eigenvalue weighted by molar-refractivity contribution is 5.95. The number of amides is 2. The molecule has 0 fully saturated rings. The van der Waals surface area contributed by atoms with E-state index in [0.717, 1.165) is 0 Å². The average Bonchev–Trinajstić information content (AvgIpc) is 2.68. The van der Waals surface area contributed by atoms with Gasteiger partial charge in [0.25, 0.3) is 11.8 Å². The van der Waals surface area contributed by atoms with Crippen molar-refractivity contribution in [3.63, 3.8) is 0 Å². The second kappa shape index (κ2) is 10.8. The molecule has 0 spiro atoms. The monoisotopic (exact) mass is 370 g/mol. The topological polar surface area (TPSA) is 147 Å². The third-order valence-electron chi connectivity index (χ3n) is 3.86. The van der Waals surface area contributed by atoms with E-state index in [0.29, 0.717) is 0 Å². The molecule has 0 saturated carbocycles. The maximum atomic E-state index is 12.4. The predicted molar refractivity (Wildman–Crippen MR) is 91.3 cm³/mol. The fourth-order valence-electron chi connectivity index (χ4n) is 2.25. The largest absolute Gasteiger partial charge is 0.396 e. The molecule has 2 amide bonds. The van der Waals surface area contributed by atoms with Crippen LogP contribution in [0, 0.1) is 11.8 Å². The summed E-state index contributed by atoms with van der Waals surface area (Å²) in [6.07, 6.45) is 2.46. The SMILES string of the molecule is CN(CC(CO)CO)C(=O)c1cncc(C(=O)N(C)CC(CO)CO)n1. The average molecular weight is 370 g/mol. The Hall–Kier alpha value is -2.14. The van der Waals surface area contributed by atoms with Crippen molar-refractivity contribution in [1.29, 1.82) is 0 Å². The van der Waals surface area contributed by atoms with E-state index in [9.17, 15) is 9.59 Å². The third kappa shape index (κ3) is 5.99. The van der Waals surface area contributed by atoms with Gasteiger partial charge in [0, 0.05) is 65.4 Å². The first kappa shape index (κ1) is 21.9. The minimum absolute atomic E-state index is 0.0396. The lowest BCUT2D eigenvalue weighted by Gasteiger charge is -2.22. The summed E-state index contributed by atoms with van der Waals surface area (Å²) in [6, 6.07) is 0. The zero-order valence-electron chi connectivity index (χ0n) is 14.9. The molecule has 10 heteroatoms. The Bertz CT molecular complexity index is 545. The predicted octanol–water partition coefficient (Wildman–Crippen LogP) is -2.18. The fraction of sp³-hybridized carbons (Fsp3) is 0.625. The highest BCUT2D eigenvalue weighted by atomic mass is 16.3. The van der Waals surface area contributed by atoms with Crippen molar-refractivity contribution in [2.45, 2.75) is 0 Å². The first-order chi connectivity index (χ1) is 12.4. The van der Waals surface area contributed by atoms with Gasteiger partial charge in [-0.3, -0.25) is 14.6 Å². The Morgan fingerprint density at radius 2 is 1.19 bits per heavy atom. The van der Waals surface area contributed by atoms with Gasteiger partial charge in [-0.1, -0.05) is 0 Å². The van der Waals surface area contributed by atoms with E-state index in [1.165, 1.54) is 36.3 Å². The van der Waals surface area contributed by atoms with Crippen LogP contribution in [0.15, 0.2) is 12.4 Å². The number of carbonyl (C=O) groups is 2. The molecule has 26 heavy (non-hydrogen) atoms. The van der Waals surface area contributed by atoms with E-state index in [4.69, 9.17) is 20.4 Å². The van der Waals surface area contributed by atoms with Crippen molar-refractivity contribution in [3.8, 4) is 0 Å². The Kier molecular flexibility index (Phi) is 9.07. The lowest BCUT2D eigenvalue weighted by Crippen LogP contribution is -2.36. The lowest BCUT2D eigenvalue weighted by molar-refractivity contribution is 0.0689. The molecule has 0 radical (unpaired) electrons. The van der Waals surface area contributed by atoms with Crippen LogP contribution in [0.25, 0.3) is 0 Å². The number of rotatable bonds is 10. The van der Waals surface area contributed by atoms with E-state index < -0.39 is 23.7 Å². The third-order valence-corrected chi connectivity index (χ3v) is 3.86. The summed E-state index contributed by atoms with van der Waals surface area (Å²) in [4.78, 5) is 35.3. The van der Waals surface area contributed by atoms with Crippen LogP contribution in [0.3, 0.4) is 0 Å². The molecule has 146 valence electrons. The Morgan fingerprint density at radius 3 is 1.50 bits per heavy atom. The van der Waals surface area contributed by atoms with Gasteiger partial charge >= 0.3 is 0 Å². The van der Waals surface area contributed by atoms with Gasteiger partial charge in [0.05, 0.1) is 12.4 Å². The van der Waals surface area contributed by atoms with Crippen LogP contribution >= 0.6 is 0 Å². The maximum absolute atomic E-state index is 12.4. The molecule has 1 aromatic rings. The fourth-order valence-corrected chi connectivity index (χ4v) is 2.25. The van der Waals surface area contributed by atoms with Gasteiger partial charge in [0.1, 0.15) is 11.4 Å². The van der Waals surface area contributed by atoms with Crippen LogP contribution in [-0.4, -0.2) is 106 Å². The number of aliphatic hydroxyl groups is 4. The van der Waals surface area contributed by atoms with E-state index in [1.54, 1.807) is 0 Å². The zero-order chi connectivity index (χ0) is 19.7. The first-order valence-corrected chi connectivity index (χ1v) is 8.14. The molecule has 0 aliphatic carbocycles. The molecule has 10 nitrogen and oxygen atoms in total. The Morgan fingerprint density at radius 1 is 0.846 bits per heavy atom.